The lowest BCUT2D eigenvalue weighted by atomic mass is 9.44. The first-order valence-electron chi connectivity index (χ1n) is 9.98. The van der Waals surface area contributed by atoms with Crippen molar-refractivity contribution in [2.45, 2.75) is 65.9 Å². The van der Waals surface area contributed by atoms with Gasteiger partial charge in [-0.25, -0.2) is 0 Å². The van der Waals surface area contributed by atoms with Crippen LogP contribution in [0, 0.1) is 34.0 Å². The van der Waals surface area contributed by atoms with E-state index in [9.17, 15) is 9.59 Å². The van der Waals surface area contributed by atoms with E-state index >= 15 is 0 Å². The van der Waals surface area contributed by atoms with Gasteiger partial charge < -0.3 is 4.74 Å². The SMILES string of the molecule is C=C[C@]1(C)C[C@@H](OCSC)[C@]2(C)[C@@H]3C(=O)CC[C@]3(CC[C@@H]2C)[C@@H](C)C1=O. The van der Waals surface area contributed by atoms with Gasteiger partial charge in [0.05, 0.1) is 12.0 Å². The van der Waals surface area contributed by atoms with Crippen LogP contribution in [0.5, 0.6) is 0 Å². The molecule has 0 heterocycles. The van der Waals surface area contributed by atoms with Crippen LogP contribution in [0.1, 0.15) is 59.8 Å². The molecule has 0 aliphatic heterocycles. The molecule has 4 heteroatoms. The molecule has 3 fully saturated rings. The van der Waals surface area contributed by atoms with Crippen molar-refractivity contribution in [3.8, 4) is 0 Å². The van der Waals surface area contributed by atoms with Gasteiger partial charge in [0.1, 0.15) is 11.6 Å². The van der Waals surface area contributed by atoms with Crippen molar-refractivity contribution < 1.29 is 14.3 Å². The van der Waals surface area contributed by atoms with Crippen molar-refractivity contribution in [1.82, 2.24) is 0 Å². The van der Waals surface area contributed by atoms with Crippen LogP contribution >= 0.6 is 11.8 Å². The molecule has 2 bridgehead atoms. The smallest absolute Gasteiger partial charge is 0.145 e. The van der Waals surface area contributed by atoms with Gasteiger partial charge in [0.15, 0.2) is 0 Å². The Morgan fingerprint density at radius 3 is 2.58 bits per heavy atom. The summed E-state index contributed by atoms with van der Waals surface area (Å²) < 4.78 is 6.37. The Morgan fingerprint density at radius 1 is 1.27 bits per heavy atom. The van der Waals surface area contributed by atoms with Crippen molar-refractivity contribution in [1.29, 1.82) is 0 Å². The van der Waals surface area contributed by atoms with Crippen molar-refractivity contribution in [2.24, 2.45) is 34.0 Å². The summed E-state index contributed by atoms with van der Waals surface area (Å²) in [5.74, 6) is 1.45. The summed E-state index contributed by atoms with van der Waals surface area (Å²) in [5.41, 5.74) is -1.01. The number of ketones is 2. The minimum Gasteiger partial charge on any atom is -0.367 e. The van der Waals surface area contributed by atoms with E-state index in [0.29, 0.717) is 30.5 Å². The molecule has 0 aromatic heterocycles. The number of ether oxygens (including phenoxy) is 1. The largest absolute Gasteiger partial charge is 0.367 e. The minimum atomic E-state index is -0.593. The zero-order chi connectivity index (χ0) is 19.3. The topological polar surface area (TPSA) is 43.4 Å². The molecule has 0 unspecified atom stereocenters. The minimum absolute atomic E-state index is 0.0566. The van der Waals surface area contributed by atoms with E-state index in [1.807, 2.05) is 19.3 Å². The molecule has 0 N–H and O–H groups in total. The van der Waals surface area contributed by atoms with Crippen LogP contribution < -0.4 is 0 Å². The molecule has 0 radical (unpaired) electrons. The third kappa shape index (κ3) is 2.58. The van der Waals surface area contributed by atoms with E-state index in [0.717, 1.165) is 19.3 Å². The molecular weight excluding hydrogens is 344 g/mol. The highest BCUT2D eigenvalue weighted by Crippen LogP contribution is 2.67. The Labute approximate surface area is 162 Å². The first-order valence-corrected chi connectivity index (χ1v) is 11.4. The highest BCUT2D eigenvalue weighted by molar-refractivity contribution is 7.98. The Hall–Kier alpha value is -0.610. The molecule has 3 aliphatic carbocycles. The summed E-state index contributed by atoms with van der Waals surface area (Å²) >= 11 is 1.65. The Kier molecular flexibility index (Phi) is 5.24. The number of carbonyl (C=O) groups is 2. The molecule has 3 aliphatic rings. The van der Waals surface area contributed by atoms with Gasteiger partial charge in [0.2, 0.25) is 0 Å². The second-order valence-electron chi connectivity index (χ2n) is 9.41. The first kappa shape index (κ1) is 20.1. The normalized spacial score (nSPS) is 48.7. The van der Waals surface area contributed by atoms with Crippen molar-refractivity contribution in [3.63, 3.8) is 0 Å². The average molecular weight is 379 g/mol. The van der Waals surface area contributed by atoms with E-state index in [4.69, 9.17) is 4.74 Å². The lowest BCUT2D eigenvalue weighted by Crippen LogP contribution is -2.62. The monoisotopic (exact) mass is 378 g/mol. The summed E-state index contributed by atoms with van der Waals surface area (Å²) in [5, 5.41) is 0. The highest BCUT2D eigenvalue weighted by atomic mass is 32.2. The second-order valence-corrected chi connectivity index (χ2v) is 10.2. The number of thioether (sulfide) groups is 1. The molecule has 3 saturated carbocycles. The van der Waals surface area contributed by atoms with Crippen LogP contribution in [0.25, 0.3) is 0 Å². The predicted octanol–water partition coefficient (Wildman–Crippen LogP) is 4.90. The first-order chi connectivity index (χ1) is 12.2. The number of carbonyl (C=O) groups excluding carboxylic acids is 2. The summed E-state index contributed by atoms with van der Waals surface area (Å²) in [4.78, 5) is 26.7. The molecule has 3 nitrogen and oxygen atoms in total. The lowest BCUT2D eigenvalue weighted by molar-refractivity contribution is -0.182. The number of allylic oxidation sites excluding steroid dienone is 1. The maximum Gasteiger partial charge on any atom is 0.145 e. The fraction of sp³-hybridized carbons (Fsp3) is 0.818. The number of hydrogen-bond acceptors (Lipinski definition) is 4. The zero-order valence-corrected chi connectivity index (χ0v) is 17.8. The van der Waals surface area contributed by atoms with Gasteiger partial charge in [-0.3, -0.25) is 9.59 Å². The van der Waals surface area contributed by atoms with Crippen LogP contribution in [0.4, 0.5) is 0 Å². The standard InChI is InChI=1S/C22H34O3S/c1-7-20(4)12-17(25-13-26-6)21(5)14(2)8-10-22(15(3)19(20)24)11-9-16(23)18(21)22/h7,14-15,17-18H,1,8-13H2,2-6H3/t14-,15-,17+,18-,20+,21+,22+/m0/s1. The molecule has 7 atom stereocenters. The van der Waals surface area contributed by atoms with Crippen LogP contribution in [-0.2, 0) is 14.3 Å². The molecule has 0 aromatic carbocycles. The Bertz CT molecular complexity index is 617. The van der Waals surface area contributed by atoms with Crippen molar-refractivity contribution in [2.75, 3.05) is 12.2 Å². The quantitative estimate of drug-likeness (QED) is 0.516. The number of Topliss-reactive ketones (excluding diaryl/α,β-unsaturated/α-hetero) is 2. The van der Waals surface area contributed by atoms with Crippen LogP contribution in [0.3, 0.4) is 0 Å². The molecule has 3 rings (SSSR count). The molecular formula is C22H34O3S. The molecule has 0 spiro atoms. The summed E-state index contributed by atoms with van der Waals surface area (Å²) in [7, 11) is 0. The molecule has 146 valence electrons. The summed E-state index contributed by atoms with van der Waals surface area (Å²) in [6, 6.07) is 0. The fourth-order valence-corrected chi connectivity index (χ4v) is 6.80. The van der Waals surface area contributed by atoms with E-state index in [2.05, 4.69) is 27.4 Å². The zero-order valence-electron chi connectivity index (χ0n) is 17.0. The van der Waals surface area contributed by atoms with E-state index in [1.165, 1.54) is 0 Å². The maximum atomic E-state index is 13.6. The lowest BCUT2D eigenvalue weighted by Gasteiger charge is -2.60. The number of rotatable bonds is 4. The third-order valence-electron chi connectivity index (χ3n) is 8.42. The van der Waals surface area contributed by atoms with Crippen LogP contribution in [0.15, 0.2) is 12.7 Å². The van der Waals surface area contributed by atoms with E-state index in [1.54, 1.807) is 11.8 Å². The highest BCUT2D eigenvalue weighted by Gasteiger charge is 2.67. The van der Waals surface area contributed by atoms with E-state index < -0.39 is 5.41 Å². The Morgan fingerprint density at radius 2 is 1.96 bits per heavy atom. The van der Waals surface area contributed by atoms with Crippen LogP contribution in [-0.4, -0.2) is 29.9 Å². The van der Waals surface area contributed by atoms with Gasteiger partial charge >= 0.3 is 0 Å². The molecule has 0 amide bonds. The Balaban J connectivity index is 2.20. The number of hydrogen-bond donors (Lipinski definition) is 0. The van der Waals surface area contributed by atoms with Crippen LogP contribution in [0.2, 0.25) is 0 Å². The predicted molar refractivity (Wildman–Crippen MR) is 107 cm³/mol. The van der Waals surface area contributed by atoms with E-state index in [-0.39, 0.29) is 34.6 Å². The third-order valence-corrected chi connectivity index (χ3v) is 8.79. The van der Waals surface area contributed by atoms with Gasteiger partial charge in [-0.1, -0.05) is 26.8 Å². The average Bonchev–Trinajstić information content (AvgIpc) is 2.98. The molecule has 26 heavy (non-hydrogen) atoms. The van der Waals surface area contributed by atoms with Gasteiger partial charge in [-0.15, -0.1) is 18.3 Å². The van der Waals surface area contributed by atoms with Gasteiger partial charge in [-0.2, -0.15) is 0 Å². The fourth-order valence-electron chi connectivity index (χ4n) is 6.50. The van der Waals surface area contributed by atoms with Crippen molar-refractivity contribution in [3.05, 3.63) is 12.7 Å². The summed E-state index contributed by atoms with van der Waals surface area (Å²) in [6.07, 6.45) is 7.91. The van der Waals surface area contributed by atoms with Gasteiger partial charge in [0.25, 0.3) is 0 Å². The van der Waals surface area contributed by atoms with Gasteiger partial charge in [0, 0.05) is 29.1 Å². The molecule has 0 aromatic rings. The van der Waals surface area contributed by atoms with Crippen molar-refractivity contribution >= 4 is 23.3 Å². The maximum absolute atomic E-state index is 13.6. The molecule has 0 saturated heterocycles. The summed E-state index contributed by atoms with van der Waals surface area (Å²) in [6.45, 7) is 12.7. The van der Waals surface area contributed by atoms with Gasteiger partial charge in [-0.05, 0) is 50.2 Å². The second kappa shape index (κ2) is 6.77.